The maximum absolute atomic E-state index is 10.8. The maximum Gasteiger partial charge on any atom is 0.335 e. The highest BCUT2D eigenvalue weighted by molar-refractivity contribution is 5.87. The van der Waals surface area contributed by atoms with Crippen LogP contribution in [0.3, 0.4) is 0 Å². The molecule has 1 aromatic rings. The summed E-state index contributed by atoms with van der Waals surface area (Å²) in [6.45, 7) is 2.17. The number of rotatable bonds is 3. The molecule has 0 saturated heterocycles. The third-order valence-corrected chi connectivity index (χ3v) is 3.29. The van der Waals surface area contributed by atoms with Crippen LogP contribution in [0.1, 0.15) is 43.0 Å². The minimum Gasteiger partial charge on any atom is -0.478 e. The summed E-state index contributed by atoms with van der Waals surface area (Å²) in [5.41, 5.74) is 0.221. The minimum atomic E-state index is -0.950. The van der Waals surface area contributed by atoms with E-state index in [1.807, 2.05) is 0 Å². The summed E-state index contributed by atoms with van der Waals surface area (Å²) >= 11 is 0. The van der Waals surface area contributed by atoms with Gasteiger partial charge in [0.2, 0.25) is 5.88 Å². The van der Waals surface area contributed by atoms with Gasteiger partial charge in [-0.15, -0.1) is 0 Å². The standard InChI is InChI=1S/C13H17NO3/c1-9-4-2-3-5-11(9)17-12-8-10(13(15)16)6-7-14-12/h6-9,11H,2-5H2,1H3,(H,15,16). The molecular formula is C13H17NO3. The fraction of sp³-hybridized carbons (Fsp3) is 0.538. The van der Waals surface area contributed by atoms with Crippen LogP contribution in [-0.4, -0.2) is 22.2 Å². The van der Waals surface area contributed by atoms with E-state index in [-0.39, 0.29) is 11.7 Å². The highest BCUT2D eigenvalue weighted by atomic mass is 16.5. The highest BCUT2D eigenvalue weighted by Gasteiger charge is 2.23. The van der Waals surface area contributed by atoms with Crippen LogP contribution in [0, 0.1) is 5.92 Å². The number of carboxylic acid groups (broad SMARTS) is 1. The van der Waals surface area contributed by atoms with Crippen molar-refractivity contribution in [3.05, 3.63) is 23.9 Å². The van der Waals surface area contributed by atoms with E-state index in [9.17, 15) is 4.79 Å². The van der Waals surface area contributed by atoms with Crippen molar-refractivity contribution >= 4 is 5.97 Å². The predicted molar refractivity (Wildman–Crippen MR) is 63.2 cm³/mol. The molecule has 0 aromatic carbocycles. The predicted octanol–water partition coefficient (Wildman–Crippen LogP) is 2.74. The zero-order valence-corrected chi connectivity index (χ0v) is 9.93. The molecular weight excluding hydrogens is 218 g/mol. The monoisotopic (exact) mass is 235 g/mol. The molecule has 1 aliphatic rings. The Morgan fingerprint density at radius 1 is 1.47 bits per heavy atom. The van der Waals surface area contributed by atoms with Gasteiger partial charge in [0, 0.05) is 12.3 Å². The molecule has 1 aromatic heterocycles. The Balaban J connectivity index is 2.07. The summed E-state index contributed by atoms with van der Waals surface area (Å²) in [5.74, 6) is -0.0170. The minimum absolute atomic E-state index is 0.167. The number of carbonyl (C=O) groups is 1. The van der Waals surface area contributed by atoms with E-state index in [2.05, 4.69) is 11.9 Å². The van der Waals surface area contributed by atoms with E-state index in [0.717, 1.165) is 6.42 Å². The zero-order chi connectivity index (χ0) is 12.3. The van der Waals surface area contributed by atoms with E-state index in [4.69, 9.17) is 9.84 Å². The van der Waals surface area contributed by atoms with Gasteiger partial charge in [0.25, 0.3) is 0 Å². The van der Waals surface area contributed by atoms with E-state index < -0.39 is 5.97 Å². The lowest BCUT2D eigenvalue weighted by Crippen LogP contribution is -2.28. The average Bonchev–Trinajstić information content (AvgIpc) is 2.32. The molecule has 1 fully saturated rings. The molecule has 2 atom stereocenters. The number of hydrogen-bond acceptors (Lipinski definition) is 3. The summed E-state index contributed by atoms with van der Waals surface area (Å²) in [6.07, 6.45) is 6.27. The van der Waals surface area contributed by atoms with Crippen molar-refractivity contribution in [3.63, 3.8) is 0 Å². The van der Waals surface area contributed by atoms with Crippen LogP contribution in [0.2, 0.25) is 0 Å². The summed E-state index contributed by atoms with van der Waals surface area (Å²) < 4.78 is 5.78. The quantitative estimate of drug-likeness (QED) is 0.875. The maximum atomic E-state index is 10.8. The van der Waals surface area contributed by atoms with Crippen LogP contribution in [-0.2, 0) is 0 Å². The van der Waals surface area contributed by atoms with Crippen molar-refractivity contribution in [3.8, 4) is 5.88 Å². The number of carboxylic acids is 1. The van der Waals surface area contributed by atoms with Crippen LogP contribution < -0.4 is 4.74 Å². The van der Waals surface area contributed by atoms with Gasteiger partial charge >= 0.3 is 5.97 Å². The van der Waals surface area contributed by atoms with Crippen molar-refractivity contribution in [1.29, 1.82) is 0 Å². The Bertz CT molecular complexity index is 405. The molecule has 0 amide bonds. The van der Waals surface area contributed by atoms with E-state index >= 15 is 0 Å². The van der Waals surface area contributed by atoms with Gasteiger partial charge in [-0.1, -0.05) is 13.3 Å². The van der Waals surface area contributed by atoms with Crippen molar-refractivity contribution in [2.45, 2.75) is 38.7 Å². The molecule has 0 aliphatic heterocycles. The first-order chi connectivity index (χ1) is 8.16. The van der Waals surface area contributed by atoms with E-state index in [0.29, 0.717) is 11.8 Å². The van der Waals surface area contributed by atoms with Crippen LogP contribution >= 0.6 is 0 Å². The molecule has 2 rings (SSSR count). The van der Waals surface area contributed by atoms with Crippen molar-refractivity contribution in [1.82, 2.24) is 4.98 Å². The molecule has 0 spiro atoms. The van der Waals surface area contributed by atoms with Gasteiger partial charge in [0.05, 0.1) is 5.56 Å². The number of pyridine rings is 1. The molecule has 92 valence electrons. The molecule has 4 heteroatoms. The molecule has 4 nitrogen and oxygen atoms in total. The molecule has 1 heterocycles. The number of ether oxygens (including phenoxy) is 1. The summed E-state index contributed by atoms with van der Waals surface area (Å²) in [5, 5.41) is 8.88. The first-order valence-electron chi connectivity index (χ1n) is 6.03. The molecule has 1 N–H and O–H groups in total. The fourth-order valence-electron chi connectivity index (χ4n) is 2.22. The highest BCUT2D eigenvalue weighted by Crippen LogP contribution is 2.27. The number of aromatic carboxylic acids is 1. The molecule has 0 bridgehead atoms. The Morgan fingerprint density at radius 3 is 2.94 bits per heavy atom. The molecule has 1 saturated carbocycles. The Kier molecular flexibility index (Phi) is 3.61. The smallest absolute Gasteiger partial charge is 0.335 e. The van der Waals surface area contributed by atoms with Gasteiger partial charge in [-0.2, -0.15) is 0 Å². The van der Waals surface area contributed by atoms with Gasteiger partial charge < -0.3 is 9.84 Å². The topological polar surface area (TPSA) is 59.4 Å². The second-order valence-corrected chi connectivity index (χ2v) is 4.61. The second kappa shape index (κ2) is 5.17. The number of nitrogens with zero attached hydrogens (tertiary/aromatic N) is 1. The van der Waals surface area contributed by atoms with Gasteiger partial charge in [0.15, 0.2) is 0 Å². The third-order valence-electron chi connectivity index (χ3n) is 3.29. The first-order valence-corrected chi connectivity index (χ1v) is 6.03. The second-order valence-electron chi connectivity index (χ2n) is 4.61. The van der Waals surface area contributed by atoms with Crippen LogP contribution in [0.4, 0.5) is 0 Å². The van der Waals surface area contributed by atoms with Crippen LogP contribution in [0.15, 0.2) is 18.3 Å². The van der Waals surface area contributed by atoms with Crippen molar-refractivity contribution < 1.29 is 14.6 Å². The van der Waals surface area contributed by atoms with Crippen LogP contribution in [0.5, 0.6) is 5.88 Å². The summed E-state index contributed by atoms with van der Waals surface area (Å²) in [4.78, 5) is 14.9. The van der Waals surface area contributed by atoms with Gasteiger partial charge in [0.1, 0.15) is 6.10 Å². The van der Waals surface area contributed by atoms with Gasteiger partial charge in [-0.25, -0.2) is 9.78 Å². The SMILES string of the molecule is CC1CCCCC1Oc1cc(C(=O)O)ccn1. The van der Waals surface area contributed by atoms with Crippen LogP contribution in [0.25, 0.3) is 0 Å². The van der Waals surface area contributed by atoms with E-state index in [1.54, 1.807) is 0 Å². The number of aromatic nitrogens is 1. The molecule has 17 heavy (non-hydrogen) atoms. The normalized spacial score (nSPS) is 24.3. The Labute approximate surface area is 101 Å². The first kappa shape index (κ1) is 11.9. The van der Waals surface area contributed by atoms with Crippen molar-refractivity contribution in [2.75, 3.05) is 0 Å². The molecule has 1 aliphatic carbocycles. The third kappa shape index (κ3) is 2.96. The zero-order valence-electron chi connectivity index (χ0n) is 9.93. The average molecular weight is 235 g/mol. The summed E-state index contributed by atoms with van der Waals surface area (Å²) in [7, 11) is 0. The number of hydrogen-bond donors (Lipinski definition) is 1. The lowest BCUT2D eigenvalue weighted by atomic mass is 9.88. The lowest BCUT2D eigenvalue weighted by Gasteiger charge is -2.28. The Hall–Kier alpha value is -1.58. The van der Waals surface area contributed by atoms with E-state index in [1.165, 1.54) is 37.6 Å². The largest absolute Gasteiger partial charge is 0.478 e. The van der Waals surface area contributed by atoms with Gasteiger partial charge in [-0.3, -0.25) is 0 Å². The molecule has 0 radical (unpaired) electrons. The Morgan fingerprint density at radius 2 is 2.24 bits per heavy atom. The van der Waals surface area contributed by atoms with Crippen molar-refractivity contribution in [2.24, 2.45) is 5.92 Å². The van der Waals surface area contributed by atoms with Gasteiger partial charge in [-0.05, 0) is 31.2 Å². The molecule has 2 unspecified atom stereocenters. The lowest BCUT2D eigenvalue weighted by molar-refractivity contribution is 0.0693. The fourth-order valence-corrected chi connectivity index (χ4v) is 2.22. The summed E-state index contributed by atoms with van der Waals surface area (Å²) in [6, 6.07) is 2.96.